The lowest BCUT2D eigenvalue weighted by atomic mass is 9.99. The smallest absolute Gasteiger partial charge is 0.238 e. The normalized spacial score (nSPS) is 21.0. The van der Waals surface area contributed by atoms with E-state index in [4.69, 9.17) is 10.9 Å². The average Bonchev–Trinajstić information content (AvgIpc) is 2.28. The average molecular weight is 269 g/mol. The molecule has 100 valence electrons. The van der Waals surface area contributed by atoms with Crippen molar-refractivity contribution >= 4 is 21.4 Å². The molecule has 1 atom stereocenters. The van der Waals surface area contributed by atoms with Crippen molar-refractivity contribution in [1.82, 2.24) is 0 Å². The molecule has 0 radical (unpaired) electrons. The minimum absolute atomic E-state index is 0.116. The zero-order valence-corrected chi connectivity index (χ0v) is 11.3. The highest BCUT2D eigenvalue weighted by molar-refractivity contribution is 7.89. The zero-order valence-electron chi connectivity index (χ0n) is 10.5. The third kappa shape index (κ3) is 2.76. The molecule has 1 aromatic carbocycles. The van der Waals surface area contributed by atoms with E-state index in [9.17, 15) is 8.42 Å². The zero-order chi connectivity index (χ0) is 13.3. The number of primary sulfonamides is 1. The predicted octanol–water partition coefficient (Wildman–Crippen LogP) is 1.15. The second-order valence-corrected chi connectivity index (χ2v) is 6.52. The number of piperidine rings is 1. The van der Waals surface area contributed by atoms with E-state index in [1.807, 2.05) is 0 Å². The largest absolute Gasteiger partial charge is 0.397 e. The minimum atomic E-state index is -3.68. The van der Waals surface area contributed by atoms with Crippen LogP contribution in [0.5, 0.6) is 0 Å². The lowest BCUT2D eigenvalue weighted by Crippen LogP contribution is -2.34. The number of sulfonamides is 1. The molecule has 6 heteroatoms. The number of nitrogens with two attached hydrogens (primary N) is 2. The van der Waals surface area contributed by atoms with Crippen LogP contribution in [0.4, 0.5) is 11.4 Å². The summed E-state index contributed by atoms with van der Waals surface area (Å²) in [5, 5.41) is 5.15. The number of benzene rings is 1. The number of hydrogen-bond acceptors (Lipinski definition) is 4. The summed E-state index contributed by atoms with van der Waals surface area (Å²) in [6.45, 7) is 3.99. The van der Waals surface area contributed by atoms with E-state index < -0.39 is 10.0 Å². The molecule has 1 aliphatic rings. The quantitative estimate of drug-likeness (QED) is 0.788. The molecule has 5 nitrogen and oxygen atoms in total. The van der Waals surface area contributed by atoms with Crippen LogP contribution in [0.25, 0.3) is 0 Å². The fourth-order valence-corrected chi connectivity index (χ4v) is 2.92. The molecule has 1 fully saturated rings. The summed E-state index contributed by atoms with van der Waals surface area (Å²) in [5.74, 6) is 0.594. The number of anilines is 2. The summed E-state index contributed by atoms with van der Waals surface area (Å²) < 4.78 is 22.7. The summed E-state index contributed by atoms with van der Waals surface area (Å²) in [5.41, 5.74) is 7.30. The standard InChI is InChI=1S/C12H19N3O2S/c1-9-3-2-6-15(8-9)12-7-10(18(14,16)17)4-5-11(12)13/h4-5,7,9H,2-3,6,8,13H2,1H3,(H2,14,16,17). The number of hydrogen-bond donors (Lipinski definition) is 2. The van der Waals surface area contributed by atoms with Crippen LogP contribution >= 0.6 is 0 Å². The van der Waals surface area contributed by atoms with Gasteiger partial charge in [0.15, 0.2) is 0 Å². The van der Waals surface area contributed by atoms with Crippen LogP contribution in [0.3, 0.4) is 0 Å². The summed E-state index contributed by atoms with van der Waals surface area (Å²) in [7, 11) is -3.68. The maximum atomic E-state index is 11.4. The van der Waals surface area contributed by atoms with Crippen LogP contribution in [-0.4, -0.2) is 21.5 Å². The van der Waals surface area contributed by atoms with Crippen LogP contribution in [0.2, 0.25) is 0 Å². The SMILES string of the molecule is CC1CCCN(c2cc(S(N)(=O)=O)ccc2N)C1. The Morgan fingerprint density at radius 2 is 2.11 bits per heavy atom. The Hall–Kier alpha value is -1.27. The molecule has 0 bridgehead atoms. The van der Waals surface area contributed by atoms with Crippen molar-refractivity contribution in [3.63, 3.8) is 0 Å². The predicted molar refractivity (Wildman–Crippen MR) is 72.8 cm³/mol. The lowest BCUT2D eigenvalue weighted by Gasteiger charge is -2.33. The van der Waals surface area contributed by atoms with E-state index >= 15 is 0 Å². The number of nitrogens with zero attached hydrogens (tertiary/aromatic N) is 1. The molecular weight excluding hydrogens is 250 g/mol. The Labute approximate surface area is 108 Å². The summed E-state index contributed by atoms with van der Waals surface area (Å²) in [6, 6.07) is 4.62. The molecular formula is C12H19N3O2S. The van der Waals surface area contributed by atoms with E-state index in [0.717, 1.165) is 25.2 Å². The molecule has 0 aliphatic carbocycles. The first-order valence-electron chi connectivity index (χ1n) is 6.05. The summed E-state index contributed by atoms with van der Waals surface area (Å²) >= 11 is 0. The van der Waals surface area contributed by atoms with E-state index in [1.165, 1.54) is 12.5 Å². The molecule has 0 spiro atoms. The number of nitrogen functional groups attached to an aromatic ring is 1. The molecule has 2 rings (SSSR count). The van der Waals surface area contributed by atoms with Crippen molar-refractivity contribution in [1.29, 1.82) is 0 Å². The molecule has 0 amide bonds. The fourth-order valence-electron chi connectivity index (χ4n) is 2.38. The Balaban J connectivity index is 2.37. The van der Waals surface area contributed by atoms with Crippen LogP contribution < -0.4 is 15.8 Å². The van der Waals surface area contributed by atoms with Gasteiger partial charge in [0.05, 0.1) is 16.3 Å². The van der Waals surface area contributed by atoms with Gasteiger partial charge in [0, 0.05) is 13.1 Å². The molecule has 0 aromatic heterocycles. The van der Waals surface area contributed by atoms with Crippen molar-refractivity contribution in [2.75, 3.05) is 23.7 Å². The van der Waals surface area contributed by atoms with E-state index in [2.05, 4.69) is 11.8 Å². The second kappa shape index (κ2) is 4.78. The van der Waals surface area contributed by atoms with Gasteiger partial charge in [-0.3, -0.25) is 0 Å². The van der Waals surface area contributed by atoms with Gasteiger partial charge in [-0.25, -0.2) is 13.6 Å². The first kappa shape index (κ1) is 13.2. The molecule has 1 aliphatic heterocycles. The van der Waals surface area contributed by atoms with Crippen LogP contribution in [0.1, 0.15) is 19.8 Å². The highest BCUT2D eigenvalue weighted by atomic mass is 32.2. The fraction of sp³-hybridized carbons (Fsp3) is 0.500. The summed E-state index contributed by atoms with van der Waals surface area (Å²) in [6.07, 6.45) is 2.30. The van der Waals surface area contributed by atoms with E-state index in [0.29, 0.717) is 11.6 Å². The third-order valence-electron chi connectivity index (χ3n) is 3.33. The van der Waals surface area contributed by atoms with E-state index in [-0.39, 0.29) is 4.90 Å². The van der Waals surface area contributed by atoms with Gasteiger partial charge >= 0.3 is 0 Å². The molecule has 0 saturated carbocycles. The van der Waals surface area contributed by atoms with Gasteiger partial charge in [-0.2, -0.15) is 0 Å². The van der Waals surface area contributed by atoms with Gasteiger partial charge in [-0.05, 0) is 37.0 Å². The Bertz CT molecular complexity index is 542. The highest BCUT2D eigenvalue weighted by Gasteiger charge is 2.20. The van der Waals surface area contributed by atoms with Gasteiger partial charge in [-0.1, -0.05) is 6.92 Å². The monoisotopic (exact) mass is 269 g/mol. The Morgan fingerprint density at radius 1 is 1.39 bits per heavy atom. The van der Waals surface area contributed by atoms with Crippen molar-refractivity contribution in [2.24, 2.45) is 11.1 Å². The summed E-state index contributed by atoms with van der Waals surface area (Å²) in [4.78, 5) is 2.25. The maximum Gasteiger partial charge on any atom is 0.238 e. The van der Waals surface area contributed by atoms with Crippen LogP contribution in [0.15, 0.2) is 23.1 Å². The van der Waals surface area contributed by atoms with Gasteiger partial charge < -0.3 is 10.6 Å². The van der Waals surface area contributed by atoms with Gasteiger partial charge in [0.25, 0.3) is 0 Å². The molecule has 4 N–H and O–H groups in total. The maximum absolute atomic E-state index is 11.4. The Kier molecular flexibility index (Phi) is 3.49. The first-order chi connectivity index (χ1) is 8.38. The minimum Gasteiger partial charge on any atom is -0.397 e. The van der Waals surface area contributed by atoms with Crippen LogP contribution in [-0.2, 0) is 10.0 Å². The third-order valence-corrected chi connectivity index (χ3v) is 4.24. The molecule has 1 aromatic rings. The van der Waals surface area contributed by atoms with E-state index in [1.54, 1.807) is 12.1 Å². The molecule has 1 saturated heterocycles. The topological polar surface area (TPSA) is 89.4 Å². The second-order valence-electron chi connectivity index (χ2n) is 4.96. The van der Waals surface area contributed by atoms with Gasteiger partial charge in [0.1, 0.15) is 0 Å². The van der Waals surface area contributed by atoms with Gasteiger partial charge in [0.2, 0.25) is 10.0 Å². The van der Waals surface area contributed by atoms with Gasteiger partial charge in [-0.15, -0.1) is 0 Å². The lowest BCUT2D eigenvalue weighted by molar-refractivity contribution is 0.447. The number of rotatable bonds is 2. The van der Waals surface area contributed by atoms with Crippen molar-refractivity contribution in [2.45, 2.75) is 24.7 Å². The Morgan fingerprint density at radius 3 is 2.72 bits per heavy atom. The van der Waals surface area contributed by atoms with Crippen molar-refractivity contribution < 1.29 is 8.42 Å². The van der Waals surface area contributed by atoms with Crippen molar-refractivity contribution in [3.05, 3.63) is 18.2 Å². The van der Waals surface area contributed by atoms with Crippen LogP contribution in [0, 0.1) is 5.92 Å². The highest BCUT2D eigenvalue weighted by Crippen LogP contribution is 2.29. The van der Waals surface area contributed by atoms with Crippen molar-refractivity contribution in [3.8, 4) is 0 Å². The molecule has 18 heavy (non-hydrogen) atoms. The molecule has 1 unspecified atom stereocenters. The first-order valence-corrected chi connectivity index (χ1v) is 7.60. The molecule has 1 heterocycles.